The smallest absolute Gasteiger partial charge is 0.165 e. The van der Waals surface area contributed by atoms with Gasteiger partial charge in [0.2, 0.25) is 0 Å². The second kappa shape index (κ2) is 6.43. The number of nitrogens with two attached hydrogens (primary N) is 1. The van der Waals surface area contributed by atoms with Crippen molar-refractivity contribution in [3.8, 4) is 5.75 Å². The van der Waals surface area contributed by atoms with E-state index in [0.29, 0.717) is 18.5 Å². The normalized spacial score (nSPS) is 10.6. The molecule has 0 saturated heterocycles. The lowest BCUT2D eigenvalue weighted by atomic mass is 10.1. The third-order valence-electron chi connectivity index (χ3n) is 2.88. The first-order valence-electron chi connectivity index (χ1n) is 6.16. The van der Waals surface area contributed by atoms with Crippen molar-refractivity contribution in [2.75, 3.05) is 6.54 Å². The van der Waals surface area contributed by atoms with Gasteiger partial charge in [0.25, 0.3) is 0 Å². The van der Waals surface area contributed by atoms with Gasteiger partial charge in [-0.3, -0.25) is 0 Å². The lowest BCUT2D eigenvalue weighted by Crippen LogP contribution is -2.08. The summed E-state index contributed by atoms with van der Waals surface area (Å²) in [5.41, 5.74) is 5.78. The summed E-state index contributed by atoms with van der Waals surface area (Å²) in [6.45, 7) is -0.0507. The highest BCUT2D eigenvalue weighted by molar-refractivity contribution is 5.35. The molecule has 2 aromatic carbocycles. The first-order chi connectivity index (χ1) is 9.63. The first kappa shape index (κ1) is 14.4. The zero-order valence-electron chi connectivity index (χ0n) is 10.7. The molecule has 0 spiro atoms. The Bertz CT molecular complexity index is 581. The van der Waals surface area contributed by atoms with Gasteiger partial charge in [0, 0.05) is 0 Å². The Kier molecular flexibility index (Phi) is 4.63. The summed E-state index contributed by atoms with van der Waals surface area (Å²) >= 11 is 0. The number of hydrogen-bond donors (Lipinski definition) is 1. The molecule has 0 aliphatic rings. The topological polar surface area (TPSA) is 35.2 Å². The summed E-state index contributed by atoms with van der Waals surface area (Å²) in [6.07, 6.45) is 0.423. The Hall–Kier alpha value is -2.01. The van der Waals surface area contributed by atoms with Gasteiger partial charge in [-0.1, -0.05) is 18.2 Å². The lowest BCUT2D eigenvalue weighted by molar-refractivity contribution is 0.275. The fraction of sp³-hybridized carbons (Fsp3) is 0.200. The molecule has 2 aromatic rings. The lowest BCUT2D eigenvalue weighted by Gasteiger charge is -2.12. The SMILES string of the molecule is NCCc1cccc(F)c1OCc1c(F)cccc1F. The summed E-state index contributed by atoms with van der Waals surface area (Å²) in [5.74, 6) is -2.03. The van der Waals surface area contributed by atoms with Crippen LogP contribution in [0.3, 0.4) is 0 Å². The molecule has 0 aliphatic carbocycles. The van der Waals surface area contributed by atoms with Crippen LogP contribution in [0.5, 0.6) is 5.75 Å². The summed E-state index contributed by atoms with van der Waals surface area (Å²) in [7, 11) is 0. The van der Waals surface area contributed by atoms with Crippen molar-refractivity contribution in [3.05, 3.63) is 65.0 Å². The molecule has 0 fully saturated rings. The largest absolute Gasteiger partial charge is 0.485 e. The van der Waals surface area contributed by atoms with E-state index >= 15 is 0 Å². The van der Waals surface area contributed by atoms with E-state index in [2.05, 4.69) is 0 Å². The molecule has 0 heterocycles. The molecule has 0 radical (unpaired) electrons. The minimum atomic E-state index is -0.721. The number of halogens is 3. The summed E-state index contributed by atoms with van der Waals surface area (Å²) in [6, 6.07) is 7.96. The molecule has 0 unspecified atom stereocenters. The summed E-state index contributed by atoms with van der Waals surface area (Å²) in [4.78, 5) is 0. The van der Waals surface area contributed by atoms with Crippen molar-refractivity contribution < 1.29 is 17.9 Å². The molecule has 0 aliphatic heterocycles. The third-order valence-corrected chi connectivity index (χ3v) is 2.88. The van der Waals surface area contributed by atoms with E-state index < -0.39 is 17.5 Å². The quantitative estimate of drug-likeness (QED) is 0.913. The molecule has 0 amide bonds. The molecular formula is C15H14F3NO. The maximum atomic E-state index is 13.7. The van der Waals surface area contributed by atoms with Gasteiger partial charge in [0.15, 0.2) is 11.6 Å². The van der Waals surface area contributed by atoms with Crippen molar-refractivity contribution in [2.45, 2.75) is 13.0 Å². The molecule has 0 saturated carbocycles. The van der Waals surface area contributed by atoms with Crippen LogP contribution >= 0.6 is 0 Å². The molecular weight excluding hydrogens is 267 g/mol. The second-order valence-electron chi connectivity index (χ2n) is 4.26. The fourth-order valence-corrected chi connectivity index (χ4v) is 1.88. The van der Waals surface area contributed by atoms with Crippen LogP contribution in [0.25, 0.3) is 0 Å². The minimum absolute atomic E-state index is 0.0133. The Balaban J connectivity index is 2.23. The van der Waals surface area contributed by atoms with Gasteiger partial charge >= 0.3 is 0 Å². The monoisotopic (exact) mass is 281 g/mol. The maximum Gasteiger partial charge on any atom is 0.165 e. The van der Waals surface area contributed by atoms with E-state index in [1.807, 2.05) is 0 Å². The van der Waals surface area contributed by atoms with Crippen molar-refractivity contribution >= 4 is 0 Å². The summed E-state index contributed by atoms with van der Waals surface area (Å²) in [5, 5.41) is 0. The van der Waals surface area contributed by atoms with Crippen molar-refractivity contribution in [1.82, 2.24) is 0 Å². The average molecular weight is 281 g/mol. The van der Waals surface area contributed by atoms with Gasteiger partial charge in [-0.05, 0) is 36.7 Å². The molecule has 0 atom stereocenters. The highest BCUT2D eigenvalue weighted by atomic mass is 19.1. The highest BCUT2D eigenvalue weighted by Crippen LogP contribution is 2.25. The third kappa shape index (κ3) is 3.11. The van der Waals surface area contributed by atoms with Gasteiger partial charge in [0.05, 0.1) is 5.56 Å². The molecule has 5 heteroatoms. The molecule has 2 N–H and O–H groups in total. The fourth-order valence-electron chi connectivity index (χ4n) is 1.88. The predicted molar refractivity (Wildman–Crippen MR) is 69.8 cm³/mol. The van der Waals surface area contributed by atoms with Crippen LogP contribution in [0, 0.1) is 17.5 Å². The van der Waals surface area contributed by atoms with Crippen LogP contribution < -0.4 is 10.5 Å². The molecule has 106 valence electrons. The molecule has 0 bridgehead atoms. The van der Waals surface area contributed by atoms with Crippen LogP contribution in [0.15, 0.2) is 36.4 Å². The van der Waals surface area contributed by atoms with E-state index in [4.69, 9.17) is 10.5 Å². The van der Waals surface area contributed by atoms with Crippen LogP contribution in [-0.4, -0.2) is 6.54 Å². The summed E-state index contributed by atoms with van der Waals surface area (Å²) < 4.78 is 45.9. The number of benzene rings is 2. The number of rotatable bonds is 5. The van der Waals surface area contributed by atoms with Crippen LogP contribution in [0.4, 0.5) is 13.2 Å². The first-order valence-corrected chi connectivity index (χ1v) is 6.16. The van der Waals surface area contributed by atoms with E-state index in [1.165, 1.54) is 18.2 Å². The van der Waals surface area contributed by atoms with E-state index in [1.54, 1.807) is 6.07 Å². The highest BCUT2D eigenvalue weighted by Gasteiger charge is 2.13. The van der Waals surface area contributed by atoms with Crippen LogP contribution in [0.2, 0.25) is 0 Å². The van der Waals surface area contributed by atoms with Gasteiger partial charge in [-0.2, -0.15) is 0 Å². The Morgan fingerprint density at radius 1 is 0.900 bits per heavy atom. The van der Waals surface area contributed by atoms with Gasteiger partial charge in [0.1, 0.15) is 18.2 Å². The molecule has 2 nitrogen and oxygen atoms in total. The van der Waals surface area contributed by atoms with E-state index in [0.717, 1.165) is 12.1 Å². The standard InChI is InChI=1S/C15H14F3NO/c16-12-4-2-5-13(17)11(12)9-20-15-10(7-8-19)3-1-6-14(15)18/h1-6H,7-9,19H2. The van der Waals surface area contributed by atoms with Gasteiger partial charge < -0.3 is 10.5 Å². The maximum absolute atomic E-state index is 13.7. The Morgan fingerprint density at radius 2 is 1.50 bits per heavy atom. The Morgan fingerprint density at radius 3 is 2.15 bits per heavy atom. The van der Waals surface area contributed by atoms with Gasteiger partial charge in [-0.25, -0.2) is 13.2 Å². The van der Waals surface area contributed by atoms with E-state index in [9.17, 15) is 13.2 Å². The zero-order valence-corrected chi connectivity index (χ0v) is 10.7. The van der Waals surface area contributed by atoms with Gasteiger partial charge in [-0.15, -0.1) is 0 Å². The number of ether oxygens (including phenoxy) is 1. The average Bonchev–Trinajstić information content (AvgIpc) is 2.41. The van der Waals surface area contributed by atoms with Crippen molar-refractivity contribution in [2.24, 2.45) is 5.73 Å². The Labute approximate surface area is 115 Å². The molecule has 2 rings (SSSR count). The zero-order chi connectivity index (χ0) is 14.5. The van der Waals surface area contributed by atoms with Crippen molar-refractivity contribution in [3.63, 3.8) is 0 Å². The molecule has 20 heavy (non-hydrogen) atoms. The number of para-hydroxylation sites is 1. The predicted octanol–water partition coefficient (Wildman–Crippen LogP) is 3.18. The van der Waals surface area contributed by atoms with E-state index in [-0.39, 0.29) is 17.9 Å². The number of hydrogen-bond acceptors (Lipinski definition) is 2. The second-order valence-corrected chi connectivity index (χ2v) is 4.26. The molecule has 0 aromatic heterocycles. The van der Waals surface area contributed by atoms with Crippen LogP contribution in [0.1, 0.15) is 11.1 Å². The van der Waals surface area contributed by atoms with Crippen LogP contribution in [-0.2, 0) is 13.0 Å². The van der Waals surface area contributed by atoms with Crippen molar-refractivity contribution in [1.29, 1.82) is 0 Å². The minimum Gasteiger partial charge on any atom is -0.485 e.